The van der Waals surface area contributed by atoms with E-state index in [9.17, 15) is 4.79 Å². The molecule has 4 heteroatoms. The van der Waals surface area contributed by atoms with E-state index in [0.29, 0.717) is 5.69 Å². The minimum absolute atomic E-state index is 0.188. The van der Waals surface area contributed by atoms with Gasteiger partial charge in [0.25, 0.3) is 5.91 Å². The molecule has 0 atom stereocenters. The molecule has 4 nitrogen and oxygen atoms in total. The number of nitrogens with zero attached hydrogens (tertiary/aromatic N) is 2. The van der Waals surface area contributed by atoms with Crippen LogP contribution in [-0.2, 0) is 0 Å². The number of hydrogen-bond donors (Lipinski definition) is 1. The molecule has 0 bridgehead atoms. The Morgan fingerprint density at radius 3 is 2.80 bits per heavy atom. The molecule has 0 fully saturated rings. The molecule has 20 heavy (non-hydrogen) atoms. The normalized spacial score (nSPS) is 10.7. The van der Waals surface area contributed by atoms with E-state index in [-0.39, 0.29) is 5.91 Å². The number of imidazole rings is 1. The number of rotatable bonds is 2. The fourth-order valence-corrected chi connectivity index (χ4v) is 2.27. The highest BCUT2D eigenvalue weighted by Gasteiger charge is 2.15. The zero-order chi connectivity index (χ0) is 14.1. The SMILES string of the molecule is Cc1cccc(NC(=O)c2nc(C)n3ccccc23)c1. The van der Waals surface area contributed by atoms with Crippen LogP contribution < -0.4 is 5.32 Å². The summed E-state index contributed by atoms with van der Waals surface area (Å²) >= 11 is 0. The molecule has 0 radical (unpaired) electrons. The zero-order valence-corrected chi connectivity index (χ0v) is 11.4. The maximum Gasteiger partial charge on any atom is 0.276 e. The first-order valence-corrected chi connectivity index (χ1v) is 6.47. The number of benzene rings is 1. The summed E-state index contributed by atoms with van der Waals surface area (Å²) in [7, 11) is 0. The summed E-state index contributed by atoms with van der Waals surface area (Å²) in [5, 5.41) is 2.89. The van der Waals surface area contributed by atoms with Gasteiger partial charge in [0.15, 0.2) is 5.69 Å². The van der Waals surface area contributed by atoms with E-state index in [4.69, 9.17) is 0 Å². The molecule has 2 heterocycles. The van der Waals surface area contributed by atoms with Crippen LogP contribution in [-0.4, -0.2) is 15.3 Å². The smallest absolute Gasteiger partial charge is 0.276 e. The minimum atomic E-state index is -0.188. The van der Waals surface area contributed by atoms with Crippen molar-refractivity contribution in [2.24, 2.45) is 0 Å². The summed E-state index contributed by atoms with van der Waals surface area (Å²) in [6, 6.07) is 13.4. The fourth-order valence-electron chi connectivity index (χ4n) is 2.27. The largest absolute Gasteiger partial charge is 0.321 e. The molecule has 0 saturated carbocycles. The maximum absolute atomic E-state index is 12.4. The van der Waals surface area contributed by atoms with Gasteiger partial charge in [-0.05, 0) is 43.7 Å². The lowest BCUT2D eigenvalue weighted by Gasteiger charge is -2.04. The third-order valence-corrected chi connectivity index (χ3v) is 3.22. The summed E-state index contributed by atoms with van der Waals surface area (Å²) in [4.78, 5) is 16.7. The molecule has 3 aromatic rings. The van der Waals surface area contributed by atoms with Crippen molar-refractivity contribution in [3.63, 3.8) is 0 Å². The van der Waals surface area contributed by atoms with E-state index in [2.05, 4.69) is 10.3 Å². The van der Waals surface area contributed by atoms with Crippen LogP contribution in [0, 0.1) is 13.8 Å². The van der Waals surface area contributed by atoms with Crippen molar-refractivity contribution in [3.8, 4) is 0 Å². The third-order valence-electron chi connectivity index (χ3n) is 3.22. The lowest BCUT2D eigenvalue weighted by atomic mass is 10.2. The average molecular weight is 265 g/mol. The van der Waals surface area contributed by atoms with Crippen LogP contribution in [0.5, 0.6) is 0 Å². The van der Waals surface area contributed by atoms with Crippen molar-refractivity contribution >= 4 is 17.1 Å². The molecule has 1 amide bonds. The number of fused-ring (bicyclic) bond motifs is 1. The molecular weight excluding hydrogens is 250 g/mol. The molecular formula is C16H15N3O. The number of hydrogen-bond acceptors (Lipinski definition) is 2. The summed E-state index contributed by atoms with van der Waals surface area (Å²) < 4.78 is 1.91. The molecule has 0 aliphatic rings. The second-order valence-electron chi connectivity index (χ2n) is 4.79. The van der Waals surface area contributed by atoms with Crippen LogP contribution in [0.3, 0.4) is 0 Å². The summed E-state index contributed by atoms with van der Waals surface area (Å²) in [5.74, 6) is 0.613. The van der Waals surface area contributed by atoms with E-state index in [1.165, 1.54) is 0 Å². The van der Waals surface area contributed by atoms with Gasteiger partial charge in [0.05, 0.1) is 5.52 Å². The van der Waals surface area contributed by atoms with Crippen LogP contribution in [0.25, 0.3) is 5.52 Å². The Labute approximate surface area is 117 Å². The molecule has 0 unspecified atom stereocenters. The quantitative estimate of drug-likeness (QED) is 0.773. The first kappa shape index (κ1) is 12.4. The lowest BCUT2D eigenvalue weighted by molar-refractivity contribution is 0.102. The third kappa shape index (κ3) is 2.16. The van der Waals surface area contributed by atoms with Crippen LogP contribution in [0.15, 0.2) is 48.7 Å². The van der Waals surface area contributed by atoms with Gasteiger partial charge in [0, 0.05) is 11.9 Å². The molecule has 2 aromatic heterocycles. The highest BCUT2D eigenvalue weighted by Crippen LogP contribution is 2.16. The van der Waals surface area contributed by atoms with Crippen molar-refractivity contribution in [1.82, 2.24) is 9.38 Å². The highest BCUT2D eigenvalue weighted by atomic mass is 16.1. The van der Waals surface area contributed by atoms with Gasteiger partial charge in [-0.25, -0.2) is 4.98 Å². The second kappa shape index (κ2) is 4.81. The number of nitrogens with one attached hydrogen (secondary N) is 1. The Morgan fingerprint density at radius 1 is 1.15 bits per heavy atom. The number of pyridine rings is 1. The second-order valence-corrected chi connectivity index (χ2v) is 4.79. The number of aryl methyl sites for hydroxylation is 2. The predicted molar refractivity (Wildman–Crippen MR) is 79.1 cm³/mol. The van der Waals surface area contributed by atoms with Crippen molar-refractivity contribution in [2.75, 3.05) is 5.32 Å². The minimum Gasteiger partial charge on any atom is -0.321 e. The van der Waals surface area contributed by atoms with Gasteiger partial charge in [-0.1, -0.05) is 18.2 Å². The van der Waals surface area contributed by atoms with Crippen molar-refractivity contribution < 1.29 is 4.79 Å². The van der Waals surface area contributed by atoms with Crippen LogP contribution in [0.2, 0.25) is 0 Å². The first-order valence-electron chi connectivity index (χ1n) is 6.47. The maximum atomic E-state index is 12.4. The zero-order valence-electron chi connectivity index (χ0n) is 11.4. The molecule has 3 rings (SSSR count). The number of amides is 1. The fraction of sp³-hybridized carbons (Fsp3) is 0.125. The first-order chi connectivity index (χ1) is 9.65. The highest BCUT2D eigenvalue weighted by molar-refractivity contribution is 6.07. The topological polar surface area (TPSA) is 46.4 Å². The Kier molecular flexibility index (Phi) is 2.99. The Hall–Kier alpha value is -2.62. The van der Waals surface area contributed by atoms with Gasteiger partial charge in [-0.15, -0.1) is 0 Å². The number of anilines is 1. The van der Waals surface area contributed by atoms with Crippen molar-refractivity contribution in [2.45, 2.75) is 13.8 Å². The summed E-state index contributed by atoms with van der Waals surface area (Å²) in [6.07, 6.45) is 1.90. The van der Waals surface area contributed by atoms with Gasteiger partial charge in [-0.3, -0.25) is 4.79 Å². The molecule has 1 aromatic carbocycles. The van der Waals surface area contributed by atoms with Gasteiger partial charge < -0.3 is 9.72 Å². The van der Waals surface area contributed by atoms with Gasteiger partial charge >= 0.3 is 0 Å². The van der Waals surface area contributed by atoms with Crippen LogP contribution in [0.1, 0.15) is 21.9 Å². The molecule has 0 saturated heterocycles. The van der Waals surface area contributed by atoms with E-state index in [1.807, 2.05) is 66.9 Å². The van der Waals surface area contributed by atoms with E-state index in [1.54, 1.807) is 0 Å². The summed E-state index contributed by atoms with van der Waals surface area (Å²) in [5.41, 5.74) is 3.15. The van der Waals surface area contributed by atoms with Gasteiger partial charge in [0.2, 0.25) is 0 Å². The number of aromatic nitrogens is 2. The van der Waals surface area contributed by atoms with E-state index in [0.717, 1.165) is 22.6 Å². The molecule has 0 spiro atoms. The van der Waals surface area contributed by atoms with Crippen LogP contribution in [0.4, 0.5) is 5.69 Å². The van der Waals surface area contributed by atoms with E-state index >= 15 is 0 Å². The molecule has 0 aliphatic carbocycles. The Morgan fingerprint density at radius 2 is 2.00 bits per heavy atom. The van der Waals surface area contributed by atoms with Crippen molar-refractivity contribution in [3.05, 3.63) is 65.7 Å². The number of carbonyl (C=O) groups is 1. The number of carbonyl (C=O) groups excluding carboxylic acids is 1. The van der Waals surface area contributed by atoms with Gasteiger partial charge in [-0.2, -0.15) is 0 Å². The summed E-state index contributed by atoms with van der Waals surface area (Å²) in [6.45, 7) is 3.88. The molecule has 0 aliphatic heterocycles. The predicted octanol–water partition coefficient (Wildman–Crippen LogP) is 3.20. The van der Waals surface area contributed by atoms with Crippen LogP contribution >= 0.6 is 0 Å². The van der Waals surface area contributed by atoms with Crippen molar-refractivity contribution in [1.29, 1.82) is 0 Å². The lowest BCUT2D eigenvalue weighted by Crippen LogP contribution is -2.12. The average Bonchev–Trinajstić information content (AvgIpc) is 2.77. The Balaban J connectivity index is 1.97. The molecule has 100 valence electrons. The standard InChI is InChI=1S/C16H15N3O/c1-11-6-5-7-13(10-11)18-16(20)15-14-8-3-4-9-19(14)12(2)17-15/h3-10H,1-2H3,(H,18,20). The van der Waals surface area contributed by atoms with Gasteiger partial charge in [0.1, 0.15) is 5.82 Å². The monoisotopic (exact) mass is 265 g/mol. The van der Waals surface area contributed by atoms with E-state index < -0.39 is 0 Å². The Bertz CT molecular complexity index is 789. The molecule has 1 N–H and O–H groups in total.